The third-order valence-electron chi connectivity index (χ3n) is 4.22. The number of hydrogen-bond donors (Lipinski definition) is 2. The molecule has 0 aliphatic carbocycles. The molecule has 0 saturated heterocycles. The van der Waals surface area contributed by atoms with Gasteiger partial charge in [0.1, 0.15) is 12.2 Å². The molecule has 0 bridgehead atoms. The first-order chi connectivity index (χ1) is 14.7. The van der Waals surface area contributed by atoms with E-state index >= 15 is 0 Å². The molecule has 176 valence electrons. The van der Waals surface area contributed by atoms with Gasteiger partial charge in [-0.1, -0.05) is 12.1 Å². The number of halogens is 4. The Bertz CT molecular complexity index is 907. The minimum absolute atomic E-state index is 0. The van der Waals surface area contributed by atoms with Crippen molar-refractivity contribution in [2.24, 2.45) is 4.99 Å². The molecule has 0 aliphatic rings. The van der Waals surface area contributed by atoms with Crippen LogP contribution in [0.25, 0.3) is 0 Å². The molecule has 1 heterocycles. The Hall–Kier alpha value is -2.57. The second-order valence-corrected chi connectivity index (χ2v) is 6.78. The van der Waals surface area contributed by atoms with Gasteiger partial charge in [0, 0.05) is 39.4 Å². The lowest BCUT2D eigenvalue weighted by molar-refractivity contribution is -0.139. The van der Waals surface area contributed by atoms with Gasteiger partial charge in [0.05, 0.1) is 6.54 Å². The van der Waals surface area contributed by atoms with E-state index < -0.39 is 17.6 Å². The number of carbonyl (C=O) groups excluding carboxylic acids is 1. The average Bonchev–Trinajstić information content (AvgIpc) is 2.74. The molecule has 7 nitrogen and oxygen atoms in total. The standard InChI is InChI=1S/C21H26F3N5O2.HI/c1-25-20(27-11-9-15-6-4-7-16(14-15)19(30)29(2)3)28-12-13-31-18-17(21(22,23)24)8-5-10-26-18;/h4-8,10,14H,9,11-13H2,1-3H3,(H2,25,27,28);1H. The number of carbonyl (C=O) groups is 1. The second kappa shape index (κ2) is 13.1. The van der Waals surface area contributed by atoms with E-state index in [9.17, 15) is 18.0 Å². The van der Waals surface area contributed by atoms with E-state index in [1.807, 2.05) is 18.2 Å². The van der Waals surface area contributed by atoms with Crippen molar-refractivity contribution in [1.82, 2.24) is 20.5 Å². The van der Waals surface area contributed by atoms with Crippen LogP contribution in [0.4, 0.5) is 13.2 Å². The van der Waals surface area contributed by atoms with E-state index in [2.05, 4.69) is 20.6 Å². The molecule has 32 heavy (non-hydrogen) atoms. The summed E-state index contributed by atoms with van der Waals surface area (Å²) < 4.78 is 44.0. The van der Waals surface area contributed by atoms with Gasteiger partial charge in [0.15, 0.2) is 5.96 Å². The molecule has 1 aromatic heterocycles. The van der Waals surface area contributed by atoms with E-state index in [0.29, 0.717) is 24.5 Å². The zero-order chi connectivity index (χ0) is 22.9. The molecule has 11 heteroatoms. The first-order valence-electron chi connectivity index (χ1n) is 9.62. The van der Waals surface area contributed by atoms with Gasteiger partial charge >= 0.3 is 6.18 Å². The van der Waals surface area contributed by atoms with Gasteiger partial charge in [-0.2, -0.15) is 13.2 Å². The maximum Gasteiger partial charge on any atom is 0.421 e. The van der Waals surface area contributed by atoms with Crippen LogP contribution in [0.2, 0.25) is 0 Å². The number of guanidine groups is 1. The number of ether oxygens (including phenoxy) is 1. The summed E-state index contributed by atoms with van der Waals surface area (Å²) >= 11 is 0. The minimum Gasteiger partial charge on any atom is -0.475 e. The van der Waals surface area contributed by atoms with Crippen molar-refractivity contribution < 1.29 is 22.7 Å². The summed E-state index contributed by atoms with van der Waals surface area (Å²) in [7, 11) is 4.99. The predicted octanol–water partition coefficient (Wildman–Crippen LogP) is 3.21. The zero-order valence-electron chi connectivity index (χ0n) is 18.1. The number of amides is 1. The van der Waals surface area contributed by atoms with E-state index in [0.717, 1.165) is 11.6 Å². The number of alkyl halides is 3. The Morgan fingerprint density at radius 1 is 1.16 bits per heavy atom. The molecular weight excluding hydrogens is 538 g/mol. The van der Waals surface area contributed by atoms with Gasteiger partial charge in [0.25, 0.3) is 5.91 Å². The van der Waals surface area contributed by atoms with Gasteiger partial charge in [-0.3, -0.25) is 9.79 Å². The van der Waals surface area contributed by atoms with Crippen molar-refractivity contribution in [2.75, 3.05) is 40.8 Å². The lowest BCUT2D eigenvalue weighted by atomic mass is 10.1. The number of pyridine rings is 1. The number of rotatable bonds is 8. The van der Waals surface area contributed by atoms with Crippen molar-refractivity contribution >= 4 is 35.8 Å². The molecule has 1 aromatic carbocycles. The zero-order valence-corrected chi connectivity index (χ0v) is 20.4. The summed E-state index contributed by atoms with van der Waals surface area (Å²) in [4.78, 5) is 21.3. The Morgan fingerprint density at radius 2 is 1.88 bits per heavy atom. The molecule has 0 aliphatic heterocycles. The Labute approximate surface area is 202 Å². The molecule has 2 aromatic rings. The van der Waals surface area contributed by atoms with Gasteiger partial charge in [-0.25, -0.2) is 4.98 Å². The first-order valence-corrected chi connectivity index (χ1v) is 9.62. The topological polar surface area (TPSA) is 78.9 Å². The summed E-state index contributed by atoms with van der Waals surface area (Å²) in [6, 6.07) is 9.53. The highest BCUT2D eigenvalue weighted by Crippen LogP contribution is 2.34. The van der Waals surface area contributed by atoms with Gasteiger partial charge in [-0.05, 0) is 36.2 Å². The highest BCUT2D eigenvalue weighted by molar-refractivity contribution is 14.0. The SMILES string of the molecule is CN=C(NCCOc1ncccc1C(F)(F)F)NCCc1cccc(C(=O)N(C)C)c1.I. The molecule has 0 unspecified atom stereocenters. The maximum atomic E-state index is 12.9. The van der Waals surface area contributed by atoms with Crippen molar-refractivity contribution in [3.8, 4) is 5.88 Å². The molecule has 0 fully saturated rings. The number of aliphatic imine (C=N–C) groups is 1. The van der Waals surface area contributed by atoms with Crippen LogP contribution in [-0.2, 0) is 12.6 Å². The third kappa shape index (κ3) is 8.52. The van der Waals surface area contributed by atoms with Crippen LogP contribution in [0, 0.1) is 0 Å². The number of hydrogen-bond acceptors (Lipinski definition) is 4. The lowest BCUT2D eigenvalue weighted by Gasteiger charge is -2.15. The number of benzene rings is 1. The molecule has 0 spiro atoms. The Morgan fingerprint density at radius 3 is 2.53 bits per heavy atom. The quantitative estimate of drug-likeness (QED) is 0.223. The van der Waals surface area contributed by atoms with Crippen molar-refractivity contribution in [3.05, 3.63) is 59.3 Å². The van der Waals surface area contributed by atoms with Crippen LogP contribution >= 0.6 is 24.0 Å². The molecule has 0 atom stereocenters. The summed E-state index contributed by atoms with van der Waals surface area (Å²) in [6.07, 6.45) is -2.61. The molecule has 0 saturated carbocycles. The molecule has 2 N–H and O–H groups in total. The monoisotopic (exact) mass is 565 g/mol. The number of aromatic nitrogens is 1. The smallest absolute Gasteiger partial charge is 0.421 e. The van der Waals surface area contributed by atoms with Gasteiger partial charge < -0.3 is 20.3 Å². The van der Waals surface area contributed by atoms with E-state index in [1.165, 1.54) is 17.2 Å². The fourth-order valence-electron chi connectivity index (χ4n) is 2.70. The van der Waals surface area contributed by atoms with Crippen LogP contribution in [0.15, 0.2) is 47.6 Å². The summed E-state index contributed by atoms with van der Waals surface area (Å²) in [5.74, 6) is -0.0260. The van der Waals surface area contributed by atoms with Crippen LogP contribution in [-0.4, -0.2) is 62.6 Å². The molecular formula is C21H27F3IN5O2. The van der Waals surface area contributed by atoms with Crippen LogP contribution in [0.5, 0.6) is 5.88 Å². The average molecular weight is 565 g/mol. The summed E-state index contributed by atoms with van der Waals surface area (Å²) in [6.45, 7) is 0.772. The molecule has 1 amide bonds. The van der Waals surface area contributed by atoms with Crippen LogP contribution < -0.4 is 15.4 Å². The maximum absolute atomic E-state index is 12.9. The van der Waals surface area contributed by atoms with Crippen molar-refractivity contribution in [3.63, 3.8) is 0 Å². The van der Waals surface area contributed by atoms with Gasteiger partial charge in [0.2, 0.25) is 5.88 Å². The van der Waals surface area contributed by atoms with E-state index in [1.54, 1.807) is 27.2 Å². The summed E-state index contributed by atoms with van der Waals surface area (Å²) in [5.41, 5.74) is 0.705. The van der Waals surface area contributed by atoms with Crippen LogP contribution in [0.1, 0.15) is 21.5 Å². The van der Waals surface area contributed by atoms with Crippen molar-refractivity contribution in [2.45, 2.75) is 12.6 Å². The van der Waals surface area contributed by atoms with Gasteiger partial charge in [-0.15, -0.1) is 24.0 Å². The largest absolute Gasteiger partial charge is 0.475 e. The Kier molecular flexibility index (Phi) is 11.2. The highest BCUT2D eigenvalue weighted by Gasteiger charge is 2.34. The highest BCUT2D eigenvalue weighted by atomic mass is 127. The fraction of sp³-hybridized carbons (Fsp3) is 0.381. The molecule has 2 rings (SSSR count). The van der Waals surface area contributed by atoms with Crippen molar-refractivity contribution in [1.29, 1.82) is 0 Å². The van der Waals surface area contributed by atoms with E-state index in [-0.39, 0.29) is 43.0 Å². The number of nitrogens with zero attached hydrogens (tertiary/aromatic N) is 3. The first kappa shape index (κ1) is 27.5. The Balaban J connectivity index is 0.00000512. The lowest BCUT2D eigenvalue weighted by Crippen LogP contribution is -2.40. The van der Waals surface area contributed by atoms with Crippen LogP contribution in [0.3, 0.4) is 0 Å². The second-order valence-electron chi connectivity index (χ2n) is 6.78. The van der Waals surface area contributed by atoms with E-state index in [4.69, 9.17) is 4.74 Å². The molecule has 0 radical (unpaired) electrons. The fourth-order valence-corrected chi connectivity index (χ4v) is 2.70. The normalized spacial score (nSPS) is 11.4. The minimum atomic E-state index is -4.52. The predicted molar refractivity (Wildman–Crippen MR) is 128 cm³/mol. The summed E-state index contributed by atoms with van der Waals surface area (Å²) in [5, 5.41) is 6.09. The number of nitrogens with one attached hydrogen (secondary N) is 2. The third-order valence-corrected chi connectivity index (χ3v) is 4.22.